The summed E-state index contributed by atoms with van der Waals surface area (Å²) in [5.74, 6) is 0. The summed E-state index contributed by atoms with van der Waals surface area (Å²) < 4.78 is 0. The number of nitrogens with zero attached hydrogens (tertiary/aromatic N) is 1. The molecule has 3 amide bonds. The second-order valence-electron chi connectivity index (χ2n) is 2.89. The largest absolute Gasteiger partial charge is 0.328 e. The summed E-state index contributed by atoms with van der Waals surface area (Å²) in [4.78, 5) is 22.5. The summed E-state index contributed by atoms with van der Waals surface area (Å²) in [6.07, 6.45) is 0.376. The summed E-state index contributed by atoms with van der Waals surface area (Å²) in [5.41, 5.74) is 0.287. The predicted molar refractivity (Wildman–Crippen MR) is 64.3 cm³/mol. The fourth-order valence-corrected chi connectivity index (χ4v) is 1.46. The topological polar surface area (TPSA) is 49.4 Å². The number of urea groups is 1. The summed E-state index contributed by atoms with van der Waals surface area (Å²) in [7, 11) is 1.31. The van der Waals surface area contributed by atoms with Crippen LogP contribution in [0.2, 0.25) is 15.1 Å². The van der Waals surface area contributed by atoms with E-state index < -0.39 is 6.03 Å². The van der Waals surface area contributed by atoms with Crippen LogP contribution in [-0.4, -0.2) is 24.4 Å². The first-order chi connectivity index (χ1) is 7.45. The average molecular weight is 282 g/mol. The second kappa shape index (κ2) is 5.39. The first-order valence-electron chi connectivity index (χ1n) is 4.09. The van der Waals surface area contributed by atoms with Crippen LogP contribution in [0, 0.1) is 0 Å². The molecule has 0 unspecified atom stereocenters. The standard InChI is InChI=1S/C9H7Cl3N2O2/c1-14(4-15)9(16)13-8-3-6(11)5(10)2-7(8)12/h2-4H,1H3,(H,13,16). The maximum absolute atomic E-state index is 11.3. The lowest BCUT2D eigenvalue weighted by molar-refractivity contribution is -0.114. The molecule has 1 rings (SSSR count). The molecule has 0 bridgehead atoms. The molecule has 0 spiro atoms. The van der Waals surface area contributed by atoms with E-state index in [2.05, 4.69) is 5.32 Å². The third-order valence-electron chi connectivity index (χ3n) is 1.73. The molecular weight excluding hydrogens is 274 g/mol. The number of anilines is 1. The van der Waals surface area contributed by atoms with Crippen LogP contribution in [-0.2, 0) is 4.79 Å². The number of hydrogen-bond donors (Lipinski definition) is 1. The minimum absolute atomic E-state index is 0.238. The second-order valence-corrected chi connectivity index (χ2v) is 4.11. The molecule has 1 N–H and O–H groups in total. The van der Waals surface area contributed by atoms with Gasteiger partial charge in [-0.3, -0.25) is 9.69 Å². The maximum Gasteiger partial charge on any atom is 0.328 e. The molecule has 0 fully saturated rings. The molecule has 16 heavy (non-hydrogen) atoms. The number of benzene rings is 1. The van der Waals surface area contributed by atoms with Gasteiger partial charge in [0.25, 0.3) is 0 Å². The van der Waals surface area contributed by atoms with Crippen LogP contribution in [0.15, 0.2) is 12.1 Å². The van der Waals surface area contributed by atoms with Crippen LogP contribution in [0.3, 0.4) is 0 Å². The Labute approximate surface area is 107 Å². The number of carbonyl (C=O) groups excluding carboxylic acids is 2. The van der Waals surface area contributed by atoms with Crippen LogP contribution in [0.5, 0.6) is 0 Å². The number of halogens is 3. The zero-order valence-electron chi connectivity index (χ0n) is 8.13. The van der Waals surface area contributed by atoms with E-state index in [1.54, 1.807) is 0 Å². The van der Waals surface area contributed by atoms with Gasteiger partial charge in [0.15, 0.2) is 0 Å². The monoisotopic (exact) mass is 280 g/mol. The van der Waals surface area contributed by atoms with E-state index >= 15 is 0 Å². The van der Waals surface area contributed by atoms with Gasteiger partial charge in [0.05, 0.1) is 20.8 Å². The number of carbonyl (C=O) groups is 2. The van der Waals surface area contributed by atoms with Crippen LogP contribution < -0.4 is 5.32 Å². The first kappa shape index (κ1) is 13.1. The molecule has 0 aromatic heterocycles. The van der Waals surface area contributed by atoms with Gasteiger partial charge in [-0.05, 0) is 12.1 Å². The van der Waals surface area contributed by atoms with E-state index in [1.165, 1.54) is 19.2 Å². The van der Waals surface area contributed by atoms with Gasteiger partial charge in [0.2, 0.25) is 6.41 Å². The van der Waals surface area contributed by atoms with E-state index in [1.807, 2.05) is 0 Å². The SMILES string of the molecule is CN(C=O)C(=O)Nc1cc(Cl)c(Cl)cc1Cl. The molecule has 7 heteroatoms. The molecule has 0 heterocycles. The van der Waals surface area contributed by atoms with Crippen LogP contribution in [0.1, 0.15) is 0 Å². The molecule has 1 aromatic carbocycles. The van der Waals surface area contributed by atoms with E-state index in [-0.39, 0.29) is 20.8 Å². The van der Waals surface area contributed by atoms with Crippen molar-refractivity contribution in [2.75, 3.05) is 12.4 Å². The Hall–Kier alpha value is -0.970. The number of imide groups is 1. The van der Waals surface area contributed by atoms with Gasteiger partial charge in [-0.25, -0.2) is 4.79 Å². The van der Waals surface area contributed by atoms with Gasteiger partial charge in [0, 0.05) is 7.05 Å². The van der Waals surface area contributed by atoms with Crippen molar-refractivity contribution in [3.8, 4) is 0 Å². The molecule has 1 aromatic rings. The average Bonchev–Trinajstić information content (AvgIpc) is 2.24. The van der Waals surface area contributed by atoms with Crippen molar-refractivity contribution >= 4 is 52.9 Å². The molecule has 0 aliphatic rings. The van der Waals surface area contributed by atoms with Crippen molar-refractivity contribution in [3.05, 3.63) is 27.2 Å². The molecule has 0 saturated heterocycles. The molecular formula is C9H7Cl3N2O2. The third kappa shape index (κ3) is 3.01. The van der Waals surface area contributed by atoms with Crippen molar-refractivity contribution in [1.82, 2.24) is 4.90 Å². The van der Waals surface area contributed by atoms with Gasteiger partial charge in [0.1, 0.15) is 0 Å². The van der Waals surface area contributed by atoms with Gasteiger partial charge < -0.3 is 5.32 Å². The molecule has 0 radical (unpaired) electrons. The highest BCUT2D eigenvalue weighted by Crippen LogP contribution is 2.32. The van der Waals surface area contributed by atoms with E-state index in [0.29, 0.717) is 6.41 Å². The maximum atomic E-state index is 11.3. The van der Waals surface area contributed by atoms with Gasteiger partial charge >= 0.3 is 6.03 Å². The predicted octanol–water partition coefficient (Wildman–Crippen LogP) is 3.27. The van der Waals surface area contributed by atoms with Crippen molar-refractivity contribution < 1.29 is 9.59 Å². The molecule has 0 atom stereocenters. The summed E-state index contributed by atoms with van der Waals surface area (Å²) >= 11 is 17.3. The van der Waals surface area contributed by atoms with Crippen molar-refractivity contribution in [3.63, 3.8) is 0 Å². The van der Waals surface area contributed by atoms with E-state index in [0.717, 1.165) is 4.90 Å². The molecule has 0 aliphatic heterocycles. The van der Waals surface area contributed by atoms with Crippen molar-refractivity contribution in [1.29, 1.82) is 0 Å². The van der Waals surface area contributed by atoms with Crippen LogP contribution in [0.4, 0.5) is 10.5 Å². The zero-order valence-corrected chi connectivity index (χ0v) is 10.4. The molecule has 86 valence electrons. The fraction of sp³-hybridized carbons (Fsp3) is 0.111. The summed E-state index contributed by atoms with van der Waals surface area (Å²) in [6, 6.07) is 2.19. The van der Waals surface area contributed by atoms with E-state index in [4.69, 9.17) is 34.8 Å². The Kier molecular flexibility index (Phi) is 4.41. The Morgan fingerprint density at radius 3 is 2.38 bits per heavy atom. The Bertz CT molecular complexity index is 437. The lowest BCUT2D eigenvalue weighted by Gasteiger charge is -2.12. The fourth-order valence-electron chi connectivity index (χ4n) is 0.870. The number of nitrogens with one attached hydrogen (secondary N) is 1. The summed E-state index contributed by atoms with van der Waals surface area (Å²) in [6.45, 7) is 0. The van der Waals surface area contributed by atoms with Gasteiger partial charge in [-0.15, -0.1) is 0 Å². The Morgan fingerprint density at radius 1 is 1.25 bits per heavy atom. The van der Waals surface area contributed by atoms with Crippen molar-refractivity contribution in [2.24, 2.45) is 0 Å². The highest BCUT2D eigenvalue weighted by molar-refractivity contribution is 6.44. The molecule has 0 saturated carbocycles. The normalized spacial score (nSPS) is 9.75. The molecule has 0 aliphatic carbocycles. The smallest absolute Gasteiger partial charge is 0.306 e. The first-order valence-corrected chi connectivity index (χ1v) is 5.22. The molecule has 4 nitrogen and oxygen atoms in total. The Morgan fingerprint density at radius 2 is 1.81 bits per heavy atom. The number of rotatable bonds is 2. The number of hydrogen-bond acceptors (Lipinski definition) is 2. The quantitative estimate of drug-likeness (QED) is 0.668. The summed E-state index contributed by atoms with van der Waals surface area (Å²) in [5, 5.41) is 3.19. The third-order valence-corrected chi connectivity index (χ3v) is 2.76. The zero-order chi connectivity index (χ0) is 12.3. The van der Waals surface area contributed by atoms with Crippen LogP contribution >= 0.6 is 34.8 Å². The Balaban J connectivity index is 2.94. The van der Waals surface area contributed by atoms with E-state index in [9.17, 15) is 9.59 Å². The minimum Gasteiger partial charge on any atom is -0.306 e. The lowest BCUT2D eigenvalue weighted by atomic mass is 10.3. The van der Waals surface area contributed by atoms with Gasteiger partial charge in [-0.2, -0.15) is 0 Å². The minimum atomic E-state index is -0.615. The van der Waals surface area contributed by atoms with Crippen LogP contribution in [0.25, 0.3) is 0 Å². The number of amides is 3. The highest BCUT2D eigenvalue weighted by Gasteiger charge is 2.11. The van der Waals surface area contributed by atoms with Gasteiger partial charge in [-0.1, -0.05) is 34.8 Å². The highest BCUT2D eigenvalue weighted by atomic mass is 35.5. The lowest BCUT2D eigenvalue weighted by Crippen LogP contribution is -2.29. The van der Waals surface area contributed by atoms with Crippen molar-refractivity contribution in [2.45, 2.75) is 0 Å².